The predicted molar refractivity (Wildman–Crippen MR) is 270 cm³/mol. The summed E-state index contributed by atoms with van der Waals surface area (Å²) in [6, 6.07) is 0. The fourth-order valence-electron chi connectivity index (χ4n) is 7.29. The highest BCUT2D eigenvalue weighted by molar-refractivity contribution is 5.71. The van der Waals surface area contributed by atoms with E-state index in [-0.39, 0.29) is 37.5 Å². The Balaban J connectivity index is 4.44. The van der Waals surface area contributed by atoms with E-state index in [1.165, 1.54) is 128 Å². The molecule has 0 bridgehead atoms. The molecule has 0 rings (SSSR count). The largest absolute Gasteiger partial charge is 0.462 e. The van der Waals surface area contributed by atoms with Crippen LogP contribution in [0.15, 0.2) is 72.9 Å². The fraction of sp³-hybridized carbons (Fsp3) is 0.737. The molecule has 0 aromatic rings. The van der Waals surface area contributed by atoms with E-state index in [1.54, 1.807) is 0 Å². The molecule has 362 valence electrons. The maximum atomic E-state index is 12.8. The average Bonchev–Trinajstić information content (AvgIpc) is 3.28. The summed E-state index contributed by atoms with van der Waals surface area (Å²) in [7, 11) is 0. The molecule has 63 heavy (non-hydrogen) atoms. The van der Waals surface area contributed by atoms with Crippen LogP contribution >= 0.6 is 0 Å². The lowest BCUT2D eigenvalue weighted by Gasteiger charge is -2.18. The number of hydrogen-bond acceptors (Lipinski definition) is 6. The van der Waals surface area contributed by atoms with E-state index in [0.717, 1.165) is 77.0 Å². The zero-order valence-corrected chi connectivity index (χ0v) is 41.3. The third-order valence-corrected chi connectivity index (χ3v) is 11.2. The summed E-state index contributed by atoms with van der Waals surface area (Å²) in [6.45, 7) is 6.46. The van der Waals surface area contributed by atoms with Crippen LogP contribution in [0.5, 0.6) is 0 Å². The van der Waals surface area contributed by atoms with Crippen LogP contribution in [0, 0.1) is 0 Å². The third-order valence-electron chi connectivity index (χ3n) is 11.2. The number of unbranched alkanes of at least 4 members (excludes halogenated alkanes) is 24. The van der Waals surface area contributed by atoms with Gasteiger partial charge < -0.3 is 14.2 Å². The van der Waals surface area contributed by atoms with E-state index in [0.29, 0.717) is 19.3 Å². The molecule has 0 N–H and O–H groups in total. The van der Waals surface area contributed by atoms with Crippen LogP contribution in [0.4, 0.5) is 0 Å². The summed E-state index contributed by atoms with van der Waals surface area (Å²) >= 11 is 0. The molecule has 0 aliphatic carbocycles. The number of carbonyl (C=O) groups excluding carboxylic acids is 3. The number of carbonyl (C=O) groups is 3. The Labute approximate surface area is 389 Å². The maximum absolute atomic E-state index is 12.8. The molecular weight excluding hydrogens is 781 g/mol. The smallest absolute Gasteiger partial charge is 0.306 e. The first-order valence-electron chi connectivity index (χ1n) is 26.4. The summed E-state index contributed by atoms with van der Waals surface area (Å²) in [5, 5.41) is 0. The molecule has 0 fully saturated rings. The lowest BCUT2D eigenvalue weighted by Crippen LogP contribution is -2.30. The monoisotopic (exact) mass is 879 g/mol. The molecule has 6 nitrogen and oxygen atoms in total. The van der Waals surface area contributed by atoms with Crippen LogP contribution in [0.3, 0.4) is 0 Å². The lowest BCUT2D eigenvalue weighted by molar-refractivity contribution is -0.166. The van der Waals surface area contributed by atoms with Crippen LogP contribution in [-0.2, 0) is 28.6 Å². The molecule has 0 aromatic heterocycles. The highest BCUT2D eigenvalue weighted by atomic mass is 16.6. The fourth-order valence-corrected chi connectivity index (χ4v) is 7.29. The second-order valence-electron chi connectivity index (χ2n) is 17.4. The molecule has 0 aliphatic rings. The Morgan fingerprint density at radius 3 is 0.968 bits per heavy atom. The number of allylic oxidation sites excluding steroid dienone is 12. The number of hydrogen-bond donors (Lipinski definition) is 0. The standard InChI is InChI=1S/C57H98O6/c1-4-7-10-13-16-19-22-24-26-27-28-29-31-33-36-38-41-44-47-50-56(59)62-53-54(63-57(60)51-48-45-42-39-34-21-18-15-12-9-6-3)52-61-55(58)49-46-43-40-37-35-32-30-25-23-20-17-14-11-8-5-2/h7,10,16,19,24,26,28-29,33,36,41,44,54H,4-6,8-9,11-15,17-18,20-23,25,27,30-32,34-35,37-40,42-43,45-53H2,1-3H3/b10-7-,19-16-,26-24-,29-28-,36-33-,44-41-/t54-/m0/s1. The SMILES string of the molecule is CC/C=C\C/C=C\C/C=C\C/C=C\C/C=C\C/C=C\CCC(=O)OC[C@H](COC(=O)CCCCCCCCCCCCCCCCC)OC(=O)CCCCCCCCCCCCC. The maximum Gasteiger partial charge on any atom is 0.306 e. The Hall–Kier alpha value is -3.15. The van der Waals surface area contributed by atoms with Gasteiger partial charge in [0.1, 0.15) is 13.2 Å². The van der Waals surface area contributed by atoms with Crippen molar-refractivity contribution in [2.24, 2.45) is 0 Å². The number of ether oxygens (including phenoxy) is 3. The van der Waals surface area contributed by atoms with Crippen molar-refractivity contribution < 1.29 is 28.6 Å². The van der Waals surface area contributed by atoms with Crippen molar-refractivity contribution in [3.8, 4) is 0 Å². The van der Waals surface area contributed by atoms with Gasteiger partial charge in [-0.1, -0.05) is 248 Å². The highest BCUT2D eigenvalue weighted by Crippen LogP contribution is 2.15. The topological polar surface area (TPSA) is 78.9 Å². The minimum Gasteiger partial charge on any atom is -0.462 e. The van der Waals surface area contributed by atoms with Gasteiger partial charge in [-0.25, -0.2) is 0 Å². The van der Waals surface area contributed by atoms with E-state index in [4.69, 9.17) is 14.2 Å². The van der Waals surface area contributed by atoms with Gasteiger partial charge in [-0.3, -0.25) is 14.4 Å². The predicted octanol–water partition coefficient (Wildman–Crippen LogP) is 17.4. The van der Waals surface area contributed by atoms with Crippen molar-refractivity contribution in [2.75, 3.05) is 13.2 Å². The van der Waals surface area contributed by atoms with Crippen molar-refractivity contribution in [1.82, 2.24) is 0 Å². The van der Waals surface area contributed by atoms with E-state index in [2.05, 4.69) is 87.6 Å². The molecule has 0 unspecified atom stereocenters. The molecule has 0 heterocycles. The summed E-state index contributed by atoms with van der Waals surface area (Å²) in [4.78, 5) is 37.9. The Morgan fingerprint density at radius 2 is 0.619 bits per heavy atom. The second kappa shape index (κ2) is 51.5. The molecule has 0 amide bonds. The van der Waals surface area contributed by atoms with Gasteiger partial charge in [0.05, 0.1) is 0 Å². The molecule has 0 radical (unpaired) electrons. The molecular formula is C57H98O6. The summed E-state index contributed by atoms with van der Waals surface area (Å²) in [6.07, 6.45) is 64.7. The van der Waals surface area contributed by atoms with Gasteiger partial charge in [0.15, 0.2) is 6.10 Å². The quantitative estimate of drug-likeness (QED) is 0.0262. The van der Waals surface area contributed by atoms with Crippen molar-refractivity contribution >= 4 is 17.9 Å². The first-order chi connectivity index (χ1) is 31.0. The van der Waals surface area contributed by atoms with Crippen LogP contribution in [0.1, 0.15) is 252 Å². The Morgan fingerprint density at radius 1 is 0.333 bits per heavy atom. The average molecular weight is 879 g/mol. The van der Waals surface area contributed by atoms with Gasteiger partial charge in [-0.05, 0) is 57.8 Å². The van der Waals surface area contributed by atoms with Crippen LogP contribution in [-0.4, -0.2) is 37.2 Å². The van der Waals surface area contributed by atoms with Gasteiger partial charge in [-0.2, -0.15) is 0 Å². The number of rotatable bonds is 47. The highest BCUT2D eigenvalue weighted by Gasteiger charge is 2.19. The van der Waals surface area contributed by atoms with Gasteiger partial charge in [0.2, 0.25) is 0 Å². The van der Waals surface area contributed by atoms with Crippen molar-refractivity contribution in [2.45, 2.75) is 258 Å². The van der Waals surface area contributed by atoms with Gasteiger partial charge in [0.25, 0.3) is 0 Å². The van der Waals surface area contributed by atoms with E-state index in [1.807, 2.05) is 6.08 Å². The van der Waals surface area contributed by atoms with E-state index < -0.39 is 6.10 Å². The summed E-state index contributed by atoms with van der Waals surface area (Å²) in [5.74, 6) is -0.978. The van der Waals surface area contributed by atoms with E-state index >= 15 is 0 Å². The Bertz CT molecular complexity index is 1190. The molecule has 0 saturated carbocycles. The lowest BCUT2D eigenvalue weighted by atomic mass is 10.0. The normalized spacial score (nSPS) is 12.6. The molecule has 0 spiro atoms. The number of esters is 3. The first kappa shape index (κ1) is 59.9. The first-order valence-corrected chi connectivity index (χ1v) is 26.4. The second-order valence-corrected chi connectivity index (χ2v) is 17.4. The van der Waals surface area contributed by atoms with Gasteiger partial charge >= 0.3 is 17.9 Å². The van der Waals surface area contributed by atoms with Crippen LogP contribution in [0.2, 0.25) is 0 Å². The van der Waals surface area contributed by atoms with Gasteiger partial charge in [0, 0.05) is 19.3 Å². The zero-order valence-electron chi connectivity index (χ0n) is 41.3. The van der Waals surface area contributed by atoms with Crippen molar-refractivity contribution in [3.05, 3.63) is 72.9 Å². The molecule has 0 aliphatic heterocycles. The van der Waals surface area contributed by atoms with Crippen molar-refractivity contribution in [1.29, 1.82) is 0 Å². The van der Waals surface area contributed by atoms with Crippen LogP contribution < -0.4 is 0 Å². The van der Waals surface area contributed by atoms with E-state index in [9.17, 15) is 14.4 Å². The third kappa shape index (κ3) is 49.7. The molecule has 0 aromatic carbocycles. The Kier molecular flexibility index (Phi) is 48.9. The van der Waals surface area contributed by atoms with Crippen molar-refractivity contribution in [3.63, 3.8) is 0 Å². The minimum atomic E-state index is -0.801. The minimum absolute atomic E-state index is 0.0952. The van der Waals surface area contributed by atoms with Crippen LogP contribution in [0.25, 0.3) is 0 Å². The molecule has 1 atom stereocenters. The zero-order chi connectivity index (χ0) is 45.8. The summed E-state index contributed by atoms with van der Waals surface area (Å²) < 4.78 is 16.7. The molecule has 0 saturated heterocycles. The van der Waals surface area contributed by atoms with Gasteiger partial charge in [-0.15, -0.1) is 0 Å². The molecule has 6 heteroatoms. The summed E-state index contributed by atoms with van der Waals surface area (Å²) in [5.41, 5.74) is 0.